The predicted octanol–water partition coefficient (Wildman–Crippen LogP) is 0.449. The largest absolute Gasteiger partial charge is 0.380 e. The van der Waals surface area contributed by atoms with Gasteiger partial charge in [0.05, 0.1) is 11.5 Å². The second-order valence-electron chi connectivity index (χ2n) is 5.22. The van der Waals surface area contributed by atoms with E-state index in [1.807, 2.05) is 18.7 Å². The zero-order chi connectivity index (χ0) is 14.6. The van der Waals surface area contributed by atoms with Crippen LogP contribution in [0.25, 0.3) is 0 Å². The first-order valence-corrected chi connectivity index (χ1v) is 8.38. The molecule has 0 radical (unpaired) electrons. The number of nitrogens with zero attached hydrogens (tertiary/aromatic N) is 1. The van der Waals surface area contributed by atoms with Crippen molar-refractivity contribution in [2.75, 3.05) is 26.8 Å². The Morgan fingerprint density at radius 1 is 1.45 bits per heavy atom. The van der Waals surface area contributed by atoms with Crippen LogP contribution in [0.3, 0.4) is 0 Å². The maximum absolute atomic E-state index is 12.1. The Morgan fingerprint density at radius 3 is 2.85 bits per heavy atom. The zero-order valence-corrected chi connectivity index (χ0v) is 12.9. The van der Waals surface area contributed by atoms with Crippen molar-refractivity contribution >= 4 is 10.0 Å². The summed E-state index contributed by atoms with van der Waals surface area (Å²) in [6.07, 6.45) is 4.11. The average molecular weight is 301 g/mol. The van der Waals surface area contributed by atoms with Crippen molar-refractivity contribution in [3.8, 4) is 0 Å². The van der Waals surface area contributed by atoms with Gasteiger partial charge >= 0.3 is 0 Å². The third kappa shape index (κ3) is 4.31. The van der Waals surface area contributed by atoms with Crippen molar-refractivity contribution in [1.29, 1.82) is 0 Å². The summed E-state index contributed by atoms with van der Waals surface area (Å²) in [6.45, 7) is 2.12. The Labute approximate surface area is 120 Å². The Bertz CT molecular complexity index is 535. The average Bonchev–Trinajstić information content (AvgIpc) is 3.13. The molecule has 2 rings (SSSR count). The highest BCUT2D eigenvalue weighted by Crippen LogP contribution is 2.28. The van der Waals surface area contributed by atoms with Crippen LogP contribution >= 0.6 is 0 Å². The number of hydrogen-bond donors (Lipinski definition) is 2. The number of nitrogens with one attached hydrogen (secondary N) is 2. The minimum absolute atomic E-state index is 0.299. The second-order valence-corrected chi connectivity index (χ2v) is 6.99. The van der Waals surface area contributed by atoms with Crippen molar-refractivity contribution in [1.82, 2.24) is 14.6 Å². The fourth-order valence-electron chi connectivity index (χ4n) is 1.95. The molecule has 0 aromatic carbocycles. The Kier molecular flexibility index (Phi) is 5.20. The third-order valence-corrected chi connectivity index (χ3v) is 4.77. The molecule has 7 heteroatoms. The van der Waals surface area contributed by atoms with Gasteiger partial charge in [-0.2, -0.15) is 0 Å². The molecular weight excluding hydrogens is 278 g/mol. The van der Waals surface area contributed by atoms with E-state index >= 15 is 0 Å². The van der Waals surface area contributed by atoms with Crippen LogP contribution in [0.5, 0.6) is 0 Å². The zero-order valence-electron chi connectivity index (χ0n) is 12.1. The molecule has 0 amide bonds. The van der Waals surface area contributed by atoms with Crippen molar-refractivity contribution in [3.63, 3.8) is 0 Å². The predicted molar refractivity (Wildman–Crippen MR) is 76.9 cm³/mol. The fraction of sp³-hybridized carbons (Fsp3) is 0.692. The Hall–Kier alpha value is -0.890. The fourth-order valence-corrected chi connectivity index (χ4v) is 3.05. The number of hydrogen-bond acceptors (Lipinski definition) is 4. The van der Waals surface area contributed by atoms with E-state index in [9.17, 15) is 8.42 Å². The maximum Gasteiger partial charge on any atom is 0.242 e. The number of aromatic nitrogens is 1. The van der Waals surface area contributed by atoms with Crippen molar-refractivity contribution in [2.45, 2.75) is 24.3 Å². The molecule has 2 N–H and O–H groups in total. The molecule has 0 saturated heterocycles. The molecule has 0 atom stereocenters. The normalized spacial score (nSPS) is 15.7. The smallest absolute Gasteiger partial charge is 0.242 e. The molecule has 1 aromatic rings. The van der Waals surface area contributed by atoms with Gasteiger partial charge < -0.3 is 14.6 Å². The van der Waals surface area contributed by atoms with E-state index in [2.05, 4.69) is 10.0 Å². The van der Waals surface area contributed by atoms with E-state index in [0.717, 1.165) is 12.3 Å². The molecule has 1 heterocycles. The van der Waals surface area contributed by atoms with Gasteiger partial charge in [-0.05, 0) is 31.9 Å². The van der Waals surface area contributed by atoms with Crippen LogP contribution in [0.1, 0.15) is 18.5 Å². The Morgan fingerprint density at radius 2 is 2.20 bits per heavy atom. The minimum atomic E-state index is -3.44. The second kappa shape index (κ2) is 6.71. The van der Waals surface area contributed by atoms with Crippen LogP contribution in [0.4, 0.5) is 0 Å². The molecule has 0 bridgehead atoms. The van der Waals surface area contributed by atoms with E-state index in [4.69, 9.17) is 4.74 Å². The van der Waals surface area contributed by atoms with Crippen LogP contribution < -0.4 is 10.0 Å². The summed E-state index contributed by atoms with van der Waals surface area (Å²) < 4.78 is 34.0. The monoisotopic (exact) mass is 301 g/mol. The third-order valence-electron chi connectivity index (χ3n) is 3.34. The van der Waals surface area contributed by atoms with E-state index in [1.165, 1.54) is 12.8 Å². The van der Waals surface area contributed by atoms with Gasteiger partial charge in [0.15, 0.2) is 0 Å². The van der Waals surface area contributed by atoms with E-state index in [1.54, 1.807) is 12.3 Å². The van der Waals surface area contributed by atoms with Gasteiger partial charge in [-0.15, -0.1) is 0 Å². The molecule has 20 heavy (non-hydrogen) atoms. The number of rotatable bonds is 9. The lowest BCUT2D eigenvalue weighted by atomic mass is 10.4. The highest BCUT2D eigenvalue weighted by Gasteiger charge is 2.21. The van der Waals surface area contributed by atoms with Crippen LogP contribution in [0.15, 0.2) is 17.2 Å². The standard InChI is InChI=1S/C13H23N3O3S/c1-14-8-12-7-13(9-16(12)2)20(17,18)15-5-6-19-10-11-3-4-11/h7,9,11,14-15H,3-6,8,10H2,1-2H3. The highest BCUT2D eigenvalue weighted by atomic mass is 32.2. The topological polar surface area (TPSA) is 72.4 Å². The van der Waals surface area contributed by atoms with Crippen LogP contribution in [-0.4, -0.2) is 39.8 Å². The van der Waals surface area contributed by atoms with Gasteiger partial charge in [0, 0.05) is 38.6 Å². The molecule has 1 aliphatic carbocycles. The molecule has 0 aliphatic heterocycles. The molecule has 1 aliphatic rings. The summed E-state index contributed by atoms with van der Waals surface area (Å²) in [5.74, 6) is 0.699. The van der Waals surface area contributed by atoms with Crippen LogP contribution in [0, 0.1) is 5.92 Å². The summed E-state index contributed by atoms with van der Waals surface area (Å²) in [5.41, 5.74) is 0.929. The van der Waals surface area contributed by atoms with Crippen molar-refractivity contribution < 1.29 is 13.2 Å². The van der Waals surface area contributed by atoms with Gasteiger partial charge in [-0.3, -0.25) is 0 Å². The molecule has 1 saturated carbocycles. The SMILES string of the molecule is CNCc1cc(S(=O)(=O)NCCOCC2CC2)cn1C. The lowest BCUT2D eigenvalue weighted by Crippen LogP contribution is -2.27. The molecule has 1 aromatic heterocycles. The highest BCUT2D eigenvalue weighted by molar-refractivity contribution is 7.89. The number of aryl methyl sites for hydroxylation is 1. The van der Waals surface area contributed by atoms with Crippen LogP contribution in [-0.2, 0) is 28.4 Å². The lowest BCUT2D eigenvalue weighted by Gasteiger charge is -2.05. The summed E-state index contributed by atoms with van der Waals surface area (Å²) in [5, 5.41) is 3.01. The van der Waals surface area contributed by atoms with E-state index in [0.29, 0.717) is 30.5 Å². The van der Waals surface area contributed by atoms with Gasteiger partial charge in [-0.1, -0.05) is 0 Å². The van der Waals surface area contributed by atoms with Gasteiger partial charge in [0.25, 0.3) is 0 Å². The van der Waals surface area contributed by atoms with Crippen molar-refractivity contribution in [3.05, 3.63) is 18.0 Å². The summed E-state index contributed by atoms with van der Waals surface area (Å²) in [4.78, 5) is 0.299. The van der Waals surface area contributed by atoms with Crippen LogP contribution in [0.2, 0.25) is 0 Å². The molecule has 6 nitrogen and oxygen atoms in total. The molecule has 114 valence electrons. The first-order chi connectivity index (χ1) is 9.53. The molecule has 0 unspecified atom stereocenters. The van der Waals surface area contributed by atoms with E-state index < -0.39 is 10.0 Å². The lowest BCUT2D eigenvalue weighted by molar-refractivity contribution is 0.129. The van der Waals surface area contributed by atoms with Crippen molar-refractivity contribution in [2.24, 2.45) is 13.0 Å². The molecule has 1 fully saturated rings. The summed E-state index contributed by atoms with van der Waals surface area (Å²) in [7, 11) is 0.224. The maximum atomic E-state index is 12.1. The first-order valence-electron chi connectivity index (χ1n) is 6.90. The molecule has 0 spiro atoms. The summed E-state index contributed by atoms with van der Waals surface area (Å²) in [6, 6.07) is 1.68. The van der Waals surface area contributed by atoms with Gasteiger partial charge in [-0.25, -0.2) is 13.1 Å². The molecular formula is C13H23N3O3S. The first kappa shape index (κ1) is 15.5. The number of sulfonamides is 1. The van der Waals surface area contributed by atoms with Gasteiger partial charge in [0.1, 0.15) is 0 Å². The Balaban J connectivity index is 1.83. The quantitative estimate of drug-likeness (QED) is 0.650. The minimum Gasteiger partial charge on any atom is -0.380 e. The van der Waals surface area contributed by atoms with E-state index in [-0.39, 0.29) is 0 Å². The van der Waals surface area contributed by atoms with Gasteiger partial charge in [0.2, 0.25) is 10.0 Å². The summed E-state index contributed by atoms with van der Waals surface area (Å²) >= 11 is 0. The number of ether oxygens (including phenoxy) is 1.